The average molecular weight is 242 g/mol. The molecular weight excluding hydrogens is 220 g/mol. The van der Waals surface area contributed by atoms with E-state index < -0.39 is 11.5 Å². The molecule has 1 heterocycles. The van der Waals surface area contributed by atoms with Crippen molar-refractivity contribution < 1.29 is 14.7 Å². The van der Waals surface area contributed by atoms with Gasteiger partial charge in [-0.3, -0.25) is 4.79 Å². The number of hydrogen-bond donors (Lipinski definition) is 2. The number of carbonyl (C=O) groups is 2. The minimum Gasteiger partial charge on any atom is -0.479 e. The van der Waals surface area contributed by atoms with Gasteiger partial charge in [-0.05, 0) is 26.3 Å². The summed E-state index contributed by atoms with van der Waals surface area (Å²) in [7, 11) is 1.79. The monoisotopic (exact) mass is 242 g/mol. The predicted octanol–water partition coefficient (Wildman–Crippen LogP) is 0.842. The topological polar surface area (TPSA) is 69.6 Å². The first-order chi connectivity index (χ1) is 8.08. The van der Waals surface area contributed by atoms with Gasteiger partial charge in [-0.2, -0.15) is 0 Å². The Labute approximate surface area is 102 Å². The van der Waals surface area contributed by atoms with Crippen molar-refractivity contribution in [2.45, 2.75) is 44.6 Å². The number of aliphatic carboxylic acids is 1. The molecule has 1 amide bonds. The molecule has 5 heteroatoms. The van der Waals surface area contributed by atoms with Crippen LogP contribution in [0.25, 0.3) is 0 Å². The molecule has 98 valence electrons. The molecule has 0 saturated carbocycles. The van der Waals surface area contributed by atoms with E-state index in [4.69, 9.17) is 0 Å². The minimum absolute atomic E-state index is 0.0484. The largest absolute Gasteiger partial charge is 0.479 e. The Morgan fingerprint density at radius 2 is 2.18 bits per heavy atom. The number of nitrogens with one attached hydrogen (secondary N) is 1. The molecule has 1 saturated heterocycles. The highest BCUT2D eigenvalue weighted by molar-refractivity contribution is 5.87. The third kappa shape index (κ3) is 2.77. The van der Waals surface area contributed by atoms with E-state index in [-0.39, 0.29) is 5.91 Å². The van der Waals surface area contributed by atoms with Gasteiger partial charge < -0.3 is 15.3 Å². The van der Waals surface area contributed by atoms with Gasteiger partial charge in [0.2, 0.25) is 5.91 Å². The number of likely N-dealkylation sites (tertiary alicyclic amines) is 1. The van der Waals surface area contributed by atoms with Crippen LogP contribution in [-0.4, -0.2) is 47.6 Å². The summed E-state index contributed by atoms with van der Waals surface area (Å²) < 4.78 is 0. The number of nitrogens with zero attached hydrogens (tertiary/aromatic N) is 1. The van der Waals surface area contributed by atoms with Gasteiger partial charge in [0.25, 0.3) is 0 Å². The van der Waals surface area contributed by atoms with Crippen molar-refractivity contribution in [3.63, 3.8) is 0 Å². The molecule has 2 N–H and O–H groups in total. The van der Waals surface area contributed by atoms with Crippen LogP contribution < -0.4 is 5.32 Å². The second-order valence-corrected chi connectivity index (χ2v) is 4.59. The van der Waals surface area contributed by atoms with Gasteiger partial charge in [0.15, 0.2) is 0 Å². The first-order valence-corrected chi connectivity index (χ1v) is 6.27. The van der Waals surface area contributed by atoms with Gasteiger partial charge in [-0.25, -0.2) is 4.79 Å². The summed E-state index contributed by atoms with van der Waals surface area (Å²) in [4.78, 5) is 25.1. The zero-order valence-electron chi connectivity index (χ0n) is 10.7. The van der Waals surface area contributed by atoms with Gasteiger partial charge in [0, 0.05) is 19.5 Å². The number of hydrogen-bond acceptors (Lipinski definition) is 3. The molecule has 1 fully saturated rings. The molecule has 1 aliphatic heterocycles. The highest BCUT2D eigenvalue weighted by atomic mass is 16.4. The van der Waals surface area contributed by atoms with Crippen LogP contribution in [0, 0.1) is 0 Å². The molecule has 0 aromatic rings. The second kappa shape index (κ2) is 6.00. The molecule has 1 rings (SSSR count). The molecule has 17 heavy (non-hydrogen) atoms. The van der Waals surface area contributed by atoms with Gasteiger partial charge in [-0.1, -0.05) is 13.3 Å². The van der Waals surface area contributed by atoms with Crippen molar-refractivity contribution in [1.29, 1.82) is 0 Å². The summed E-state index contributed by atoms with van der Waals surface area (Å²) >= 11 is 0. The number of carbonyl (C=O) groups excluding carboxylic acids is 1. The third-order valence-corrected chi connectivity index (χ3v) is 3.44. The Morgan fingerprint density at radius 3 is 2.71 bits per heavy atom. The fourth-order valence-electron chi connectivity index (χ4n) is 2.61. The summed E-state index contributed by atoms with van der Waals surface area (Å²) in [5, 5.41) is 12.3. The minimum atomic E-state index is -0.945. The predicted molar refractivity (Wildman–Crippen MR) is 64.8 cm³/mol. The van der Waals surface area contributed by atoms with E-state index in [2.05, 4.69) is 5.32 Å². The summed E-state index contributed by atoms with van der Waals surface area (Å²) in [5.74, 6) is -0.901. The van der Waals surface area contributed by atoms with Crippen molar-refractivity contribution in [1.82, 2.24) is 10.2 Å². The van der Waals surface area contributed by atoms with Crippen molar-refractivity contribution in [2.24, 2.45) is 0 Å². The van der Waals surface area contributed by atoms with E-state index in [9.17, 15) is 14.7 Å². The molecule has 1 aliphatic rings. The fraction of sp³-hybridized carbons (Fsp3) is 0.833. The van der Waals surface area contributed by atoms with E-state index in [0.717, 1.165) is 12.8 Å². The molecule has 5 nitrogen and oxygen atoms in total. The molecule has 1 unspecified atom stereocenters. The standard InChI is InChI=1S/C12H22N2O3/c1-3-6-12(11(16)17)7-4-9-14(12)10(15)5-8-13-2/h13H,3-9H2,1-2H3,(H,16,17). The molecule has 0 radical (unpaired) electrons. The van der Waals surface area contributed by atoms with E-state index >= 15 is 0 Å². The maximum atomic E-state index is 12.0. The van der Waals surface area contributed by atoms with Crippen molar-refractivity contribution >= 4 is 11.9 Å². The summed E-state index contributed by atoms with van der Waals surface area (Å²) in [6, 6.07) is 0. The maximum absolute atomic E-state index is 12.0. The van der Waals surface area contributed by atoms with Crippen LogP contribution in [0.4, 0.5) is 0 Å². The van der Waals surface area contributed by atoms with Crippen molar-refractivity contribution in [3.05, 3.63) is 0 Å². The second-order valence-electron chi connectivity index (χ2n) is 4.59. The lowest BCUT2D eigenvalue weighted by Gasteiger charge is -2.34. The Kier molecular flexibility index (Phi) is 4.93. The van der Waals surface area contributed by atoms with Crippen LogP contribution in [-0.2, 0) is 9.59 Å². The van der Waals surface area contributed by atoms with Crippen molar-refractivity contribution in [2.75, 3.05) is 20.1 Å². The number of carboxylic acids is 1. The van der Waals surface area contributed by atoms with Gasteiger partial charge in [0.1, 0.15) is 5.54 Å². The lowest BCUT2D eigenvalue weighted by molar-refractivity contribution is -0.157. The molecule has 0 spiro atoms. The van der Waals surface area contributed by atoms with Gasteiger partial charge >= 0.3 is 5.97 Å². The summed E-state index contributed by atoms with van der Waals surface area (Å²) in [6.45, 7) is 3.13. The van der Waals surface area contributed by atoms with Gasteiger partial charge in [0.05, 0.1) is 0 Å². The fourth-order valence-corrected chi connectivity index (χ4v) is 2.61. The van der Waals surface area contributed by atoms with E-state index in [1.807, 2.05) is 6.92 Å². The normalized spacial score (nSPS) is 24.0. The first kappa shape index (κ1) is 14.0. The Balaban J connectivity index is 2.81. The average Bonchev–Trinajstić information content (AvgIpc) is 2.71. The summed E-state index contributed by atoms with van der Waals surface area (Å²) in [6.07, 6.45) is 3.07. The lowest BCUT2D eigenvalue weighted by Crippen LogP contribution is -2.53. The number of carboxylic acid groups (broad SMARTS) is 1. The molecule has 1 atom stereocenters. The van der Waals surface area contributed by atoms with Crippen LogP contribution in [0.5, 0.6) is 0 Å². The van der Waals surface area contributed by atoms with Gasteiger partial charge in [-0.15, -0.1) is 0 Å². The highest BCUT2D eigenvalue weighted by Crippen LogP contribution is 2.34. The Bertz CT molecular complexity index is 293. The van der Waals surface area contributed by atoms with E-state index in [0.29, 0.717) is 32.4 Å². The quantitative estimate of drug-likeness (QED) is 0.724. The van der Waals surface area contributed by atoms with Crippen LogP contribution in [0.15, 0.2) is 0 Å². The molecule has 0 aromatic carbocycles. The summed E-state index contributed by atoms with van der Waals surface area (Å²) in [5.41, 5.74) is -0.945. The Hall–Kier alpha value is -1.10. The zero-order valence-corrected chi connectivity index (χ0v) is 10.7. The smallest absolute Gasteiger partial charge is 0.329 e. The zero-order chi connectivity index (χ0) is 12.9. The van der Waals surface area contributed by atoms with Crippen LogP contribution in [0.3, 0.4) is 0 Å². The first-order valence-electron chi connectivity index (χ1n) is 6.27. The van der Waals surface area contributed by atoms with Crippen molar-refractivity contribution in [3.8, 4) is 0 Å². The van der Waals surface area contributed by atoms with Crippen LogP contribution in [0.2, 0.25) is 0 Å². The SMILES string of the molecule is CCCC1(C(=O)O)CCCN1C(=O)CCNC. The molecule has 0 bridgehead atoms. The van der Waals surface area contributed by atoms with E-state index in [1.54, 1.807) is 11.9 Å². The number of rotatable bonds is 6. The molecule has 0 aliphatic carbocycles. The molecule has 0 aromatic heterocycles. The van der Waals surface area contributed by atoms with Crippen LogP contribution in [0.1, 0.15) is 39.0 Å². The van der Waals surface area contributed by atoms with E-state index in [1.165, 1.54) is 0 Å². The molecular formula is C12H22N2O3. The maximum Gasteiger partial charge on any atom is 0.329 e. The lowest BCUT2D eigenvalue weighted by atomic mass is 9.90. The van der Waals surface area contributed by atoms with Crippen LogP contribution >= 0.6 is 0 Å². The highest BCUT2D eigenvalue weighted by Gasteiger charge is 2.48. The third-order valence-electron chi connectivity index (χ3n) is 3.44. The Morgan fingerprint density at radius 1 is 1.47 bits per heavy atom. The number of amides is 1.